The van der Waals surface area contributed by atoms with Crippen LogP contribution in [0.1, 0.15) is 22.8 Å². The zero-order valence-corrected chi connectivity index (χ0v) is 16.2. The second kappa shape index (κ2) is 8.23. The minimum absolute atomic E-state index is 0.109. The third-order valence-electron chi connectivity index (χ3n) is 4.29. The normalized spacial score (nSPS) is 12.4. The maximum atomic E-state index is 12.9. The maximum absolute atomic E-state index is 12.9. The summed E-state index contributed by atoms with van der Waals surface area (Å²) in [5, 5.41) is 13.6. The van der Waals surface area contributed by atoms with Crippen LogP contribution in [0.2, 0.25) is 5.02 Å². The van der Waals surface area contributed by atoms with Crippen LogP contribution < -0.4 is 5.32 Å². The Hall–Kier alpha value is -3.26. The zero-order chi connectivity index (χ0) is 22.1. The van der Waals surface area contributed by atoms with Gasteiger partial charge in [-0.2, -0.15) is 13.2 Å². The number of nitrogens with one attached hydrogen (secondary N) is 1. The van der Waals surface area contributed by atoms with Crippen molar-refractivity contribution in [3.63, 3.8) is 0 Å². The van der Waals surface area contributed by atoms with E-state index in [2.05, 4.69) is 5.32 Å². The number of esters is 1. The molecule has 9 heteroatoms. The molecule has 0 unspecified atom stereocenters. The molecule has 1 atom stereocenters. The molecule has 0 bridgehead atoms. The molecule has 0 saturated carbocycles. The van der Waals surface area contributed by atoms with Crippen molar-refractivity contribution in [3.8, 4) is 5.75 Å². The van der Waals surface area contributed by atoms with Gasteiger partial charge >= 0.3 is 12.1 Å². The number of amides is 1. The average molecular weight is 438 g/mol. The third-order valence-corrected chi connectivity index (χ3v) is 4.62. The van der Waals surface area contributed by atoms with Crippen molar-refractivity contribution in [1.29, 1.82) is 0 Å². The van der Waals surface area contributed by atoms with Crippen LogP contribution in [0.4, 0.5) is 18.9 Å². The number of rotatable bonds is 4. The number of phenols is 1. The van der Waals surface area contributed by atoms with E-state index in [9.17, 15) is 27.9 Å². The lowest BCUT2D eigenvalue weighted by Crippen LogP contribution is -2.30. The molecule has 5 nitrogen and oxygen atoms in total. The highest BCUT2D eigenvalue weighted by atomic mass is 35.5. The summed E-state index contributed by atoms with van der Waals surface area (Å²) in [5.41, 5.74) is -1.41. The molecule has 0 saturated heterocycles. The zero-order valence-electron chi connectivity index (χ0n) is 15.5. The summed E-state index contributed by atoms with van der Waals surface area (Å²) in [6, 6.07) is 12.3. The summed E-state index contributed by atoms with van der Waals surface area (Å²) < 4.78 is 43.6. The van der Waals surface area contributed by atoms with E-state index < -0.39 is 29.7 Å². The molecule has 0 fully saturated rings. The quantitative estimate of drug-likeness (QED) is 0.536. The summed E-state index contributed by atoms with van der Waals surface area (Å²) in [6.45, 7) is 1.24. The lowest BCUT2D eigenvalue weighted by Gasteiger charge is -2.16. The molecule has 0 radical (unpaired) electrons. The molecule has 156 valence electrons. The van der Waals surface area contributed by atoms with Crippen LogP contribution >= 0.6 is 11.6 Å². The van der Waals surface area contributed by atoms with Gasteiger partial charge < -0.3 is 15.2 Å². The van der Waals surface area contributed by atoms with Crippen molar-refractivity contribution in [2.75, 3.05) is 5.32 Å². The first-order chi connectivity index (χ1) is 14.1. The van der Waals surface area contributed by atoms with Gasteiger partial charge in [0, 0.05) is 0 Å². The fourth-order valence-electron chi connectivity index (χ4n) is 2.70. The van der Waals surface area contributed by atoms with Gasteiger partial charge in [0.1, 0.15) is 11.3 Å². The number of ether oxygens (including phenoxy) is 1. The lowest BCUT2D eigenvalue weighted by atomic mass is 10.1. The molecular formula is C21H15ClF3NO4. The van der Waals surface area contributed by atoms with Gasteiger partial charge in [-0.1, -0.05) is 35.9 Å². The Morgan fingerprint density at radius 2 is 1.70 bits per heavy atom. The van der Waals surface area contributed by atoms with Crippen LogP contribution in [-0.4, -0.2) is 23.1 Å². The molecule has 3 aromatic carbocycles. The number of fused-ring (bicyclic) bond motifs is 1. The van der Waals surface area contributed by atoms with E-state index in [-0.39, 0.29) is 22.0 Å². The van der Waals surface area contributed by atoms with Crippen LogP contribution in [0.5, 0.6) is 5.75 Å². The maximum Gasteiger partial charge on any atom is 0.416 e. The SMILES string of the molecule is C[C@@H](OC(=O)c1cc2ccccc2cc1O)C(=O)Nc1cc(C(F)(F)F)ccc1Cl. The second-order valence-corrected chi connectivity index (χ2v) is 6.85. The monoisotopic (exact) mass is 437 g/mol. The van der Waals surface area contributed by atoms with Crippen LogP contribution in [-0.2, 0) is 15.7 Å². The molecule has 3 rings (SSSR count). The molecule has 0 aromatic heterocycles. The number of carbonyl (C=O) groups is 2. The number of alkyl halides is 3. The number of hydrogen-bond acceptors (Lipinski definition) is 4. The molecule has 1 amide bonds. The number of carbonyl (C=O) groups excluding carboxylic acids is 2. The number of benzene rings is 3. The molecular weight excluding hydrogens is 423 g/mol. The average Bonchev–Trinajstić information content (AvgIpc) is 2.68. The van der Waals surface area contributed by atoms with Crippen molar-refractivity contribution in [3.05, 3.63) is 70.7 Å². The minimum Gasteiger partial charge on any atom is -0.507 e. The van der Waals surface area contributed by atoms with Crippen LogP contribution in [0.15, 0.2) is 54.6 Å². The smallest absolute Gasteiger partial charge is 0.416 e. The fourth-order valence-corrected chi connectivity index (χ4v) is 2.87. The van der Waals surface area contributed by atoms with E-state index in [0.29, 0.717) is 16.8 Å². The van der Waals surface area contributed by atoms with E-state index >= 15 is 0 Å². The predicted octanol–water partition coefficient (Wildman–Crippen LogP) is 5.40. The van der Waals surface area contributed by atoms with Gasteiger partial charge in [-0.25, -0.2) is 4.79 Å². The van der Waals surface area contributed by atoms with Crippen molar-refractivity contribution in [2.45, 2.75) is 19.2 Å². The Morgan fingerprint density at radius 1 is 1.07 bits per heavy atom. The predicted molar refractivity (Wildman–Crippen MR) is 106 cm³/mol. The molecule has 3 aromatic rings. The molecule has 0 aliphatic carbocycles. The summed E-state index contributed by atoms with van der Waals surface area (Å²) in [6.07, 6.45) is -5.98. The standard InChI is InChI=1S/C21H15ClF3NO4/c1-11(19(28)26-17-10-14(21(23,24)25)6-7-16(17)22)30-20(29)15-8-12-4-2-3-5-13(12)9-18(15)27/h2-11,27H,1H3,(H,26,28)/t11-/m1/s1. The number of halogens is 4. The first kappa shape index (κ1) is 21.4. The van der Waals surface area contributed by atoms with Gasteiger partial charge in [-0.15, -0.1) is 0 Å². The number of anilines is 1. The fraction of sp³-hybridized carbons (Fsp3) is 0.143. The Balaban J connectivity index is 1.75. The van der Waals surface area contributed by atoms with Gasteiger partial charge in [0.05, 0.1) is 16.3 Å². The summed E-state index contributed by atoms with van der Waals surface area (Å²) >= 11 is 5.85. The van der Waals surface area contributed by atoms with E-state index in [0.717, 1.165) is 12.1 Å². The van der Waals surface area contributed by atoms with Crippen LogP contribution in [0.25, 0.3) is 10.8 Å². The van der Waals surface area contributed by atoms with Gasteiger partial charge in [-0.05, 0) is 48.0 Å². The Kier molecular flexibility index (Phi) is 5.89. The second-order valence-electron chi connectivity index (χ2n) is 6.45. The highest BCUT2D eigenvalue weighted by Crippen LogP contribution is 2.34. The highest BCUT2D eigenvalue weighted by Gasteiger charge is 2.31. The van der Waals surface area contributed by atoms with Crippen molar-refractivity contribution < 1.29 is 32.6 Å². The molecule has 0 aliphatic rings. The molecule has 0 spiro atoms. The molecule has 0 heterocycles. The summed E-state index contributed by atoms with van der Waals surface area (Å²) in [7, 11) is 0. The van der Waals surface area contributed by atoms with Crippen molar-refractivity contribution >= 4 is 39.9 Å². The van der Waals surface area contributed by atoms with Gasteiger partial charge in [-0.3, -0.25) is 4.79 Å². The number of aromatic hydroxyl groups is 1. The molecule has 0 aliphatic heterocycles. The Morgan fingerprint density at radius 3 is 2.33 bits per heavy atom. The summed E-state index contributed by atoms with van der Waals surface area (Å²) in [4.78, 5) is 24.7. The first-order valence-electron chi connectivity index (χ1n) is 8.66. The minimum atomic E-state index is -4.62. The highest BCUT2D eigenvalue weighted by molar-refractivity contribution is 6.33. The summed E-state index contributed by atoms with van der Waals surface area (Å²) in [5.74, 6) is -2.17. The van der Waals surface area contributed by atoms with Gasteiger partial charge in [0.15, 0.2) is 6.10 Å². The van der Waals surface area contributed by atoms with Gasteiger partial charge in [0.2, 0.25) is 0 Å². The largest absolute Gasteiger partial charge is 0.507 e. The third kappa shape index (κ3) is 4.65. The van der Waals surface area contributed by atoms with Crippen molar-refractivity contribution in [1.82, 2.24) is 0 Å². The van der Waals surface area contributed by atoms with E-state index in [1.54, 1.807) is 24.3 Å². The van der Waals surface area contributed by atoms with Crippen molar-refractivity contribution in [2.24, 2.45) is 0 Å². The van der Waals surface area contributed by atoms with Crippen LogP contribution in [0, 0.1) is 0 Å². The number of hydrogen-bond donors (Lipinski definition) is 2. The Labute approximate surface area is 174 Å². The van der Waals surface area contributed by atoms with E-state index in [1.165, 1.54) is 19.1 Å². The molecule has 30 heavy (non-hydrogen) atoms. The topological polar surface area (TPSA) is 75.6 Å². The molecule has 2 N–H and O–H groups in total. The lowest BCUT2D eigenvalue weighted by molar-refractivity contribution is -0.137. The first-order valence-corrected chi connectivity index (χ1v) is 9.04. The van der Waals surface area contributed by atoms with E-state index in [1.807, 2.05) is 0 Å². The van der Waals surface area contributed by atoms with E-state index in [4.69, 9.17) is 16.3 Å². The Bertz CT molecular complexity index is 1130. The van der Waals surface area contributed by atoms with Crippen LogP contribution in [0.3, 0.4) is 0 Å². The van der Waals surface area contributed by atoms with Gasteiger partial charge in [0.25, 0.3) is 5.91 Å². The number of phenolic OH excluding ortho intramolecular Hbond substituents is 1.